The summed E-state index contributed by atoms with van der Waals surface area (Å²) in [6.07, 6.45) is 0.944. The number of fused-ring (bicyclic) bond motifs is 2. The van der Waals surface area contributed by atoms with Crippen LogP contribution in [-0.2, 0) is 10.0 Å². The molecule has 0 aromatic heterocycles. The maximum Gasteiger partial charge on any atom is 0.266 e. The van der Waals surface area contributed by atoms with Gasteiger partial charge in [0.2, 0.25) is 0 Å². The highest BCUT2D eigenvalue weighted by atomic mass is 32.2. The summed E-state index contributed by atoms with van der Waals surface area (Å²) in [4.78, 5) is 4.61. The van der Waals surface area contributed by atoms with E-state index >= 15 is 0 Å². The smallest absolute Gasteiger partial charge is 0.266 e. The quantitative estimate of drug-likeness (QED) is 0.855. The molecule has 1 aliphatic heterocycles. The Kier molecular flexibility index (Phi) is 4.51. The predicted octanol–water partition coefficient (Wildman–Crippen LogP) is 2.91. The minimum atomic E-state index is -3.56. The standard InChI is InChI=1S/C18H23N3O2S/c1-19(2)13-8-14-21-16-10-5-4-9-15(16)20(3)24(22,23)18-12-7-6-11-17(18)21/h4-7,9-12H,8,13-14H2,1-3H3. The number of rotatable bonds is 4. The lowest BCUT2D eigenvalue weighted by Crippen LogP contribution is -2.25. The van der Waals surface area contributed by atoms with Gasteiger partial charge in [-0.2, -0.15) is 0 Å². The van der Waals surface area contributed by atoms with E-state index in [4.69, 9.17) is 0 Å². The van der Waals surface area contributed by atoms with Gasteiger partial charge in [0.05, 0.1) is 17.1 Å². The van der Waals surface area contributed by atoms with E-state index in [9.17, 15) is 8.42 Å². The number of benzene rings is 2. The van der Waals surface area contributed by atoms with Crippen LogP contribution in [-0.4, -0.2) is 47.6 Å². The Morgan fingerprint density at radius 2 is 1.50 bits per heavy atom. The van der Waals surface area contributed by atoms with Gasteiger partial charge in [0.15, 0.2) is 0 Å². The third-order valence-corrected chi connectivity index (χ3v) is 6.11. The molecule has 1 heterocycles. The predicted molar refractivity (Wildman–Crippen MR) is 98.6 cm³/mol. The highest BCUT2D eigenvalue weighted by molar-refractivity contribution is 7.93. The lowest BCUT2D eigenvalue weighted by Gasteiger charge is -2.26. The number of hydrogen-bond donors (Lipinski definition) is 0. The van der Waals surface area contributed by atoms with E-state index in [0.717, 1.165) is 30.9 Å². The molecule has 0 saturated heterocycles. The normalized spacial score (nSPS) is 15.8. The van der Waals surface area contributed by atoms with Crippen LogP contribution < -0.4 is 9.21 Å². The molecule has 0 bridgehead atoms. The zero-order valence-corrected chi connectivity index (χ0v) is 15.1. The minimum Gasteiger partial charge on any atom is -0.339 e. The molecule has 5 nitrogen and oxygen atoms in total. The molecule has 128 valence electrons. The lowest BCUT2D eigenvalue weighted by atomic mass is 10.2. The summed E-state index contributed by atoms with van der Waals surface area (Å²) in [5.74, 6) is 0. The summed E-state index contributed by atoms with van der Waals surface area (Å²) in [7, 11) is 2.14. The van der Waals surface area contributed by atoms with E-state index < -0.39 is 10.0 Å². The van der Waals surface area contributed by atoms with E-state index in [1.54, 1.807) is 19.2 Å². The number of para-hydroxylation sites is 3. The Bertz CT molecular complexity index is 834. The highest BCUT2D eigenvalue weighted by Crippen LogP contribution is 2.42. The molecular formula is C18H23N3O2S. The second kappa shape index (κ2) is 6.45. The number of sulfonamides is 1. The maximum absolute atomic E-state index is 13.0. The first kappa shape index (κ1) is 16.8. The molecule has 6 heteroatoms. The molecule has 24 heavy (non-hydrogen) atoms. The Morgan fingerprint density at radius 1 is 0.917 bits per heavy atom. The third-order valence-electron chi connectivity index (χ3n) is 4.29. The fourth-order valence-electron chi connectivity index (χ4n) is 3.05. The van der Waals surface area contributed by atoms with Crippen molar-refractivity contribution in [1.29, 1.82) is 0 Å². The second-order valence-electron chi connectivity index (χ2n) is 6.24. The maximum atomic E-state index is 13.0. The molecule has 0 aliphatic carbocycles. The molecular weight excluding hydrogens is 322 g/mol. The van der Waals surface area contributed by atoms with Gasteiger partial charge in [-0.15, -0.1) is 0 Å². The third kappa shape index (κ3) is 2.87. The van der Waals surface area contributed by atoms with Crippen LogP contribution in [0.5, 0.6) is 0 Å². The van der Waals surface area contributed by atoms with Crippen LogP contribution in [0.3, 0.4) is 0 Å². The van der Waals surface area contributed by atoms with Crippen molar-refractivity contribution in [2.75, 3.05) is 43.4 Å². The van der Waals surface area contributed by atoms with Gasteiger partial charge in [-0.05, 0) is 51.3 Å². The average Bonchev–Trinajstić information content (AvgIpc) is 2.63. The van der Waals surface area contributed by atoms with Crippen molar-refractivity contribution in [1.82, 2.24) is 4.90 Å². The first-order chi connectivity index (χ1) is 11.4. The molecule has 0 spiro atoms. The Labute approximate surface area is 144 Å². The van der Waals surface area contributed by atoms with Gasteiger partial charge in [-0.25, -0.2) is 8.42 Å². The van der Waals surface area contributed by atoms with Crippen LogP contribution in [0.2, 0.25) is 0 Å². The van der Waals surface area contributed by atoms with Gasteiger partial charge >= 0.3 is 0 Å². The lowest BCUT2D eigenvalue weighted by molar-refractivity contribution is 0.402. The van der Waals surface area contributed by atoms with Crippen molar-refractivity contribution in [3.63, 3.8) is 0 Å². The first-order valence-corrected chi connectivity index (χ1v) is 9.46. The SMILES string of the molecule is CN(C)CCCN1c2ccccc2N(C)S(=O)(=O)c2ccccc21. The Balaban J connectivity index is 2.16. The zero-order valence-electron chi connectivity index (χ0n) is 14.3. The monoisotopic (exact) mass is 345 g/mol. The van der Waals surface area contributed by atoms with Crippen LogP contribution in [0.15, 0.2) is 53.4 Å². The van der Waals surface area contributed by atoms with E-state index in [2.05, 4.69) is 9.80 Å². The van der Waals surface area contributed by atoms with Gasteiger partial charge in [0.25, 0.3) is 10.0 Å². The van der Waals surface area contributed by atoms with Gasteiger partial charge < -0.3 is 9.80 Å². The molecule has 0 radical (unpaired) electrons. The van der Waals surface area contributed by atoms with Crippen LogP contribution in [0.4, 0.5) is 17.1 Å². The number of anilines is 3. The summed E-state index contributed by atoms with van der Waals surface area (Å²) in [5.41, 5.74) is 2.37. The Morgan fingerprint density at radius 3 is 2.17 bits per heavy atom. The van der Waals surface area contributed by atoms with E-state index in [0.29, 0.717) is 10.6 Å². The van der Waals surface area contributed by atoms with Crippen molar-refractivity contribution >= 4 is 27.1 Å². The summed E-state index contributed by atoms with van der Waals surface area (Å²) < 4.78 is 27.4. The molecule has 1 aliphatic rings. The van der Waals surface area contributed by atoms with E-state index in [-0.39, 0.29) is 0 Å². The van der Waals surface area contributed by atoms with Gasteiger partial charge in [-0.1, -0.05) is 24.3 Å². The summed E-state index contributed by atoms with van der Waals surface area (Å²) in [5, 5.41) is 0. The van der Waals surface area contributed by atoms with Gasteiger partial charge in [0, 0.05) is 13.6 Å². The first-order valence-electron chi connectivity index (χ1n) is 8.02. The van der Waals surface area contributed by atoms with Crippen LogP contribution in [0, 0.1) is 0 Å². The summed E-state index contributed by atoms with van der Waals surface area (Å²) >= 11 is 0. The van der Waals surface area contributed by atoms with E-state index in [1.165, 1.54) is 4.31 Å². The molecule has 0 saturated carbocycles. The zero-order chi connectivity index (χ0) is 17.3. The fourth-order valence-corrected chi connectivity index (χ4v) is 4.45. The van der Waals surface area contributed by atoms with Crippen LogP contribution in [0.1, 0.15) is 6.42 Å². The molecule has 0 amide bonds. The Hall–Kier alpha value is -2.05. The summed E-state index contributed by atoms with van der Waals surface area (Å²) in [6, 6.07) is 14.9. The number of hydrogen-bond acceptors (Lipinski definition) is 4. The minimum absolute atomic E-state index is 0.355. The fraction of sp³-hybridized carbons (Fsp3) is 0.333. The molecule has 0 unspecified atom stereocenters. The molecule has 0 atom stereocenters. The van der Waals surface area contributed by atoms with Crippen molar-refractivity contribution in [2.24, 2.45) is 0 Å². The molecule has 0 N–H and O–H groups in total. The highest BCUT2D eigenvalue weighted by Gasteiger charge is 2.32. The largest absolute Gasteiger partial charge is 0.339 e. The van der Waals surface area contributed by atoms with Crippen molar-refractivity contribution in [2.45, 2.75) is 11.3 Å². The average molecular weight is 345 g/mol. The second-order valence-corrected chi connectivity index (χ2v) is 8.18. The van der Waals surface area contributed by atoms with Crippen molar-refractivity contribution in [3.8, 4) is 0 Å². The topological polar surface area (TPSA) is 43.9 Å². The van der Waals surface area contributed by atoms with Crippen LogP contribution >= 0.6 is 0 Å². The number of nitrogens with zero attached hydrogens (tertiary/aromatic N) is 3. The molecule has 3 rings (SSSR count). The molecule has 0 fully saturated rings. The summed E-state index contributed by atoms with van der Waals surface area (Å²) in [6.45, 7) is 1.71. The van der Waals surface area contributed by atoms with Gasteiger partial charge in [0.1, 0.15) is 4.90 Å². The van der Waals surface area contributed by atoms with E-state index in [1.807, 2.05) is 50.5 Å². The van der Waals surface area contributed by atoms with Crippen molar-refractivity contribution in [3.05, 3.63) is 48.5 Å². The van der Waals surface area contributed by atoms with Crippen LogP contribution in [0.25, 0.3) is 0 Å². The van der Waals surface area contributed by atoms with Crippen molar-refractivity contribution < 1.29 is 8.42 Å². The molecule has 2 aromatic carbocycles. The molecule has 2 aromatic rings. The van der Waals surface area contributed by atoms with Gasteiger partial charge in [-0.3, -0.25) is 4.31 Å².